The molecule has 2 rings (SSSR count). The minimum absolute atomic E-state index is 0.0540. The number of anilines is 1. The highest BCUT2D eigenvalue weighted by molar-refractivity contribution is 7.89. The van der Waals surface area contributed by atoms with E-state index in [-0.39, 0.29) is 16.0 Å². The van der Waals surface area contributed by atoms with Crippen LogP contribution in [0.1, 0.15) is 6.92 Å². The van der Waals surface area contributed by atoms with Gasteiger partial charge in [-0.25, -0.2) is 8.42 Å². The molecule has 1 fully saturated rings. The number of nitrogens with two attached hydrogens (primary N) is 1. The van der Waals surface area contributed by atoms with Crippen LogP contribution >= 0.6 is 11.6 Å². The molecule has 0 saturated carbocycles. The molecule has 0 amide bonds. The second-order valence-corrected chi connectivity index (χ2v) is 6.55. The van der Waals surface area contributed by atoms with Crippen LogP contribution < -0.4 is 5.73 Å². The van der Waals surface area contributed by atoms with E-state index in [0.717, 1.165) is 0 Å². The summed E-state index contributed by atoms with van der Waals surface area (Å²) >= 11 is 5.94. The monoisotopic (exact) mass is 290 g/mol. The standard InChI is InChI=1S/C11H15ClN2O3S/c1-8-7-14(4-5-17-8)18(15,16)11-6-9(13)2-3-10(11)12/h2-3,6,8H,4-5,7,13H2,1H3. The number of nitrogen functional groups attached to an aromatic ring is 1. The van der Waals surface area contributed by atoms with E-state index < -0.39 is 10.0 Å². The number of benzene rings is 1. The van der Waals surface area contributed by atoms with Crippen LogP contribution in [-0.4, -0.2) is 38.5 Å². The van der Waals surface area contributed by atoms with Gasteiger partial charge in [-0.1, -0.05) is 11.6 Å². The van der Waals surface area contributed by atoms with Crippen molar-refractivity contribution in [3.8, 4) is 0 Å². The maximum Gasteiger partial charge on any atom is 0.244 e. The fourth-order valence-electron chi connectivity index (χ4n) is 1.86. The summed E-state index contributed by atoms with van der Waals surface area (Å²) in [5.41, 5.74) is 5.99. The lowest BCUT2D eigenvalue weighted by Gasteiger charge is -2.30. The minimum Gasteiger partial charge on any atom is -0.399 e. The highest BCUT2D eigenvalue weighted by atomic mass is 35.5. The molecule has 100 valence electrons. The number of morpholine rings is 1. The molecule has 1 saturated heterocycles. The van der Waals surface area contributed by atoms with Gasteiger partial charge in [0.15, 0.2) is 0 Å². The van der Waals surface area contributed by atoms with E-state index in [1.807, 2.05) is 6.92 Å². The van der Waals surface area contributed by atoms with Gasteiger partial charge < -0.3 is 10.5 Å². The molecule has 0 aromatic heterocycles. The van der Waals surface area contributed by atoms with Gasteiger partial charge in [-0.3, -0.25) is 0 Å². The summed E-state index contributed by atoms with van der Waals surface area (Å²) in [7, 11) is -3.61. The van der Waals surface area contributed by atoms with Gasteiger partial charge in [-0.2, -0.15) is 4.31 Å². The number of hydrogen-bond acceptors (Lipinski definition) is 4. The predicted molar refractivity (Wildman–Crippen MR) is 70.0 cm³/mol. The number of rotatable bonds is 2. The Morgan fingerprint density at radius 2 is 2.22 bits per heavy atom. The van der Waals surface area contributed by atoms with Gasteiger partial charge in [0.05, 0.1) is 17.7 Å². The van der Waals surface area contributed by atoms with Crippen LogP contribution in [0.4, 0.5) is 5.69 Å². The summed E-state index contributed by atoms with van der Waals surface area (Å²) in [6.07, 6.45) is -0.117. The van der Waals surface area contributed by atoms with Crippen molar-refractivity contribution in [3.05, 3.63) is 23.2 Å². The topological polar surface area (TPSA) is 72.6 Å². The Hall–Kier alpha value is -0.820. The molecular formula is C11H15ClN2O3S. The molecule has 18 heavy (non-hydrogen) atoms. The Morgan fingerprint density at radius 3 is 2.89 bits per heavy atom. The number of sulfonamides is 1. The first-order valence-corrected chi connectivity index (χ1v) is 7.40. The third kappa shape index (κ3) is 2.61. The van der Waals surface area contributed by atoms with Crippen molar-refractivity contribution in [2.75, 3.05) is 25.4 Å². The van der Waals surface area contributed by atoms with Crippen LogP contribution in [-0.2, 0) is 14.8 Å². The number of ether oxygens (including phenoxy) is 1. The van der Waals surface area contributed by atoms with Gasteiger partial charge in [-0.15, -0.1) is 0 Å². The molecule has 5 nitrogen and oxygen atoms in total. The molecule has 0 bridgehead atoms. The maximum atomic E-state index is 12.4. The Labute approximate surface area is 112 Å². The largest absolute Gasteiger partial charge is 0.399 e. The molecule has 1 aliphatic heterocycles. The summed E-state index contributed by atoms with van der Waals surface area (Å²) in [4.78, 5) is 0.0540. The fourth-order valence-corrected chi connectivity index (χ4v) is 3.87. The predicted octanol–water partition coefficient (Wildman–Crippen LogP) is 1.33. The van der Waals surface area contributed by atoms with E-state index in [4.69, 9.17) is 22.1 Å². The Bertz CT molecular complexity index is 547. The molecule has 0 spiro atoms. The van der Waals surface area contributed by atoms with E-state index in [1.165, 1.54) is 16.4 Å². The summed E-state index contributed by atoms with van der Waals surface area (Å²) < 4.78 is 31.6. The molecule has 1 aromatic rings. The van der Waals surface area contributed by atoms with E-state index in [0.29, 0.717) is 25.4 Å². The summed E-state index contributed by atoms with van der Waals surface area (Å²) in [6.45, 7) is 2.88. The van der Waals surface area contributed by atoms with Gasteiger partial charge in [0, 0.05) is 18.8 Å². The average molecular weight is 291 g/mol. The zero-order valence-corrected chi connectivity index (χ0v) is 11.5. The smallest absolute Gasteiger partial charge is 0.244 e. The van der Waals surface area contributed by atoms with Crippen LogP contribution in [0.5, 0.6) is 0 Å². The molecule has 1 atom stereocenters. The number of nitrogens with zero attached hydrogens (tertiary/aromatic N) is 1. The Balaban J connectivity index is 2.38. The van der Waals surface area contributed by atoms with E-state index in [9.17, 15) is 8.42 Å². The summed E-state index contributed by atoms with van der Waals surface area (Å²) in [5, 5.41) is 0.184. The molecule has 1 unspecified atom stereocenters. The second-order valence-electron chi connectivity index (χ2n) is 4.23. The molecule has 0 radical (unpaired) electrons. The zero-order chi connectivity index (χ0) is 13.3. The van der Waals surface area contributed by atoms with Crippen LogP contribution in [0.15, 0.2) is 23.1 Å². The summed E-state index contributed by atoms with van der Waals surface area (Å²) in [5.74, 6) is 0. The van der Waals surface area contributed by atoms with Gasteiger partial charge in [0.2, 0.25) is 10.0 Å². The lowest BCUT2D eigenvalue weighted by atomic mass is 10.3. The lowest BCUT2D eigenvalue weighted by molar-refractivity contribution is 0.0102. The molecular weight excluding hydrogens is 276 g/mol. The molecule has 7 heteroatoms. The molecule has 0 aliphatic carbocycles. The highest BCUT2D eigenvalue weighted by Crippen LogP contribution is 2.27. The van der Waals surface area contributed by atoms with Crippen molar-refractivity contribution in [2.24, 2.45) is 0 Å². The minimum atomic E-state index is -3.61. The number of halogens is 1. The van der Waals surface area contributed by atoms with Crippen molar-refractivity contribution in [1.29, 1.82) is 0 Å². The first kappa shape index (κ1) is 13.6. The molecule has 2 N–H and O–H groups in total. The first-order valence-electron chi connectivity index (χ1n) is 5.58. The van der Waals surface area contributed by atoms with Gasteiger partial charge >= 0.3 is 0 Å². The van der Waals surface area contributed by atoms with Crippen molar-refractivity contribution >= 4 is 27.3 Å². The third-order valence-electron chi connectivity index (χ3n) is 2.78. The normalized spacial score (nSPS) is 22.0. The van der Waals surface area contributed by atoms with Crippen molar-refractivity contribution in [2.45, 2.75) is 17.9 Å². The lowest BCUT2D eigenvalue weighted by Crippen LogP contribution is -2.44. The summed E-state index contributed by atoms with van der Waals surface area (Å²) in [6, 6.07) is 4.45. The molecule has 1 aromatic carbocycles. The van der Waals surface area contributed by atoms with E-state index in [2.05, 4.69) is 0 Å². The first-order chi connectivity index (χ1) is 8.41. The SMILES string of the molecule is CC1CN(S(=O)(=O)c2cc(N)ccc2Cl)CCO1. The Kier molecular flexibility index (Phi) is 3.82. The quantitative estimate of drug-likeness (QED) is 0.834. The van der Waals surface area contributed by atoms with Crippen molar-refractivity contribution < 1.29 is 13.2 Å². The molecule has 1 heterocycles. The Morgan fingerprint density at radius 1 is 1.50 bits per heavy atom. The van der Waals surface area contributed by atoms with E-state index >= 15 is 0 Å². The number of hydrogen-bond donors (Lipinski definition) is 1. The maximum absolute atomic E-state index is 12.4. The fraction of sp³-hybridized carbons (Fsp3) is 0.455. The highest BCUT2D eigenvalue weighted by Gasteiger charge is 2.30. The third-order valence-corrected chi connectivity index (χ3v) is 5.12. The van der Waals surface area contributed by atoms with Crippen LogP contribution in [0, 0.1) is 0 Å². The molecule has 1 aliphatic rings. The van der Waals surface area contributed by atoms with Crippen LogP contribution in [0.2, 0.25) is 5.02 Å². The average Bonchev–Trinajstić information content (AvgIpc) is 2.32. The van der Waals surface area contributed by atoms with Gasteiger partial charge in [0.25, 0.3) is 0 Å². The van der Waals surface area contributed by atoms with Gasteiger partial charge in [0.1, 0.15) is 4.90 Å². The van der Waals surface area contributed by atoms with Crippen LogP contribution in [0.25, 0.3) is 0 Å². The van der Waals surface area contributed by atoms with E-state index in [1.54, 1.807) is 6.07 Å². The second kappa shape index (κ2) is 5.05. The zero-order valence-electron chi connectivity index (χ0n) is 9.97. The van der Waals surface area contributed by atoms with Crippen LogP contribution in [0.3, 0.4) is 0 Å². The van der Waals surface area contributed by atoms with Crippen molar-refractivity contribution in [3.63, 3.8) is 0 Å². The van der Waals surface area contributed by atoms with Gasteiger partial charge in [-0.05, 0) is 25.1 Å². The van der Waals surface area contributed by atoms with Crippen molar-refractivity contribution in [1.82, 2.24) is 4.31 Å².